The number of halogens is 1. The number of rotatable bonds is 3. The summed E-state index contributed by atoms with van der Waals surface area (Å²) < 4.78 is 15.2. The first-order valence-corrected chi connectivity index (χ1v) is 7.98. The number of benzene rings is 1. The van der Waals surface area contributed by atoms with Crippen molar-refractivity contribution in [2.75, 3.05) is 0 Å². The zero-order valence-corrected chi connectivity index (χ0v) is 14.1. The number of aliphatic hydroxyl groups excluding tert-OH is 1. The number of aromatic nitrogens is 2. The van der Waals surface area contributed by atoms with Crippen LogP contribution in [0.4, 0.5) is 4.39 Å². The minimum atomic E-state index is -0.242. The molecule has 5 heteroatoms. The number of nitrogens with zero attached hydrogens (tertiary/aromatic N) is 3. The summed E-state index contributed by atoms with van der Waals surface area (Å²) in [6, 6.07) is 6.57. The Bertz CT molecular complexity index is 769. The van der Waals surface area contributed by atoms with E-state index in [4.69, 9.17) is 0 Å². The molecule has 3 rings (SSSR count). The summed E-state index contributed by atoms with van der Waals surface area (Å²) in [7, 11) is 0. The van der Waals surface area contributed by atoms with E-state index in [1.165, 1.54) is 12.1 Å². The first-order valence-electron chi connectivity index (χ1n) is 7.98. The standard InChI is InChI=1S/C19H22FN3O/c1-19(2,3)23-16(14-7-9-15(20)10-8-14)5-4-6-18(23)22-12-11-21-17(22)13-24/h4-12,16,24H,13H2,1-3H3. The van der Waals surface area contributed by atoms with Gasteiger partial charge in [-0.3, -0.25) is 4.57 Å². The topological polar surface area (TPSA) is 41.3 Å². The van der Waals surface area contributed by atoms with Crippen LogP contribution in [0.2, 0.25) is 0 Å². The number of hydrogen-bond acceptors (Lipinski definition) is 3. The van der Waals surface area contributed by atoms with Gasteiger partial charge in [-0.15, -0.1) is 0 Å². The van der Waals surface area contributed by atoms with Crippen LogP contribution >= 0.6 is 0 Å². The van der Waals surface area contributed by atoms with E-state index in [1.54, 1.807) is 6.20 Å². The van der Waals surface area contributed by atoms with Crippen LogP contribution in [0.5, 0.6) is 0 Å². The molecule has 0 saturated heterocycles. The van der Waals surface area contributed by atoms with Crippen molar-refractivity contribution in [1.82, 2.24) is 14.5 Å². The third kappa shape index (κ3) is 2.99. The summed E-state index contributed by atoms with van der Waals surface area (Å²) >= 11 is 0. The molecule has 0 aliphatic carbocycles. The van der Waals surface area contributed by atoms with Gasteiger partial charge in [0.25, 0.3) is 0 Å². The van der Waals surface area contributed by atoms with Crippen molar-refractivity contribution >= 4 is 5.82 Å². The van der Waals surface area contributed by atoms with Gasteiger partial charge in [0.2, 0.25) is 0 Å². The first kappa shape index (κ1) is 16.5. The van der Waals surface area contributed by atoms with Gasteiger partial charge in [0.15, 0.2) is 0 Å². The minimum absolute atomic E-state index is 0.0282. The van der Waals surface area contributed by atoms with Crippen LogP contribution in [0, 0.1) is 5.82 Å². The Balaban J connectivity index is 2.08. The molecule has 24 heavy (non-hydrogen) atoms. The lowest BCUT2D eigenvalue weighted by Crippen LogP contribution is -2.44. The summed E-state index contributed by atoms with van der Waals surface area (Å²) in [6.07, 6.45) is 9.62. The van der Waals surface area contributed by atoms with Crippen LogP contribution in [0.25, 0.3) is 5.82 Å². The zero-order chi connectivity index (χ0) is 17.3. The predicted octanol–water partition coefficient (Wildman–Crippen LogP) is 3.72. The fourth-order valence-electron chi connectivity index (χ4n) is 3.09. The molecule has 1 unspecified atom stereocenters. The van der Waals surface area contributed by atoms with E-state index in [9.17, 15) is 9.50 Å². The first-order chi connectivity index (χ1) is 11.4. The molecule has 1 aromatic heterocycles. The summed E-state index contributed by atoms with van der Waals surface area (Å²) in [5.41, 5.74) is 0.825. The zero-order valence-electron chi connectivity index (χ0n) is 14.1. The fraction of sp³-hybridized carbons (Fsp3) is 0.316. The Labute approximate surface area is 141 Å². The predicted molar refractivity (Wildman–Crippen MR) is 92.3 cm³/mol. The molecule has 4 nitrogen and oxygen atoms in total. The van der Waals surface area contributed by atoms with Gasteiger partial charge in [-0.1, -0.05) is 24.3 Å². The number of aliphatic hydroxyl groups is 1. The van der Waals surface area contributed by atoms with E-state index in [2.05, 4.69) is 36.7 Å². The third-order valence-corrected chi connectivity index (χ3v) is 4.10. The summed E-state index contributed by atoms with van der Waals surface area (Å²) in [6.45, 7) is 6.26. The van der Waals surface area contributed by atoms with Crippen LogP contribution in [0.1, 0.15) is 38.2 Å². The molecule has 0 saturated carbocycles. The lowest BCUT2D eigenvalue weighted by Gasteiger charge is -2.45. The van der Waals surface area contributed by atoms with Gasteiger partial charge in [0.1, 0.15) is 24.1 Å². The van der Waals surface area contributed by atoms with Gasteiger partial charge in [0, 0.05) is 17.9 Å². The van der Waals surface area contributed by atoms with Crippen molar-refractivity contribution in [3.8, 4) is 0 Å². The second-order valence-electron chi connectivity index (χ2n) is 6.82. The molecule has 1 aliphatic rings. The van der Waals surface area contributed by atoms with Gasteiger partial charge in [-0.25, -0.2) is 9.37 Å². The monoisotopic (exact) mass is 327 g/mol. The Morgan fingerprint density at radius 2 is 1.92 bits per heavy atom. The molecule has 1 aromatic carbocycles. The second-order valence-corrected chi connectivity index (χ2v) is 6.82. The highest BCUT2D eigenvalue weighted by molar-refractivity contribution is 5.53. The van der Waals surface area contributed by atoms with Gasteiger partial charge in [0.05, 0.1) is 6.04 Å². The van der Waals surface area contributed by atoms with Gasteiger partial charge >= 0.3 is 0 Å². The van der Waals surface area contributed by atoms with Crippen molar-refractivity contribution in [2.24, 2.45) is 0 Å². The largest absolute Gasteiger partial charge is 0.388 e. The van der Waals surface area contributed by atoms with Crippen LogP contribution in [0.15, 0.2) is 54.9 Å². The number of imidazole rings is 1. The molecule has 0 spiro atoms. The van der Waals surface area contributed by atoms with Crippen LogP contribution in [0.3, 0.4) is 0 Å². The van der Waals surface area contributed by atoms with Crippen molar-refractivity contribution < 1.29 is 9.50 Å². The molecule has 0 bridgehead atoms. The maximum atomic E-state index is 13.3. The summed E-state index contributed by atoms with van der Waals surface area (Å²) in [5, 5.41) is 9.55. The van der Waals surface area contributed by atoms with Crippen LogP contribution < -0.4 is 0 Å². The van der Waals surface area contributed by atoms with E-state index in [0.29, 0.717) is 5.82 Å². The molecule has 1 aliphatic heterocycles. The molecule has 2 heterocycles. The lowest BCUT2D eigenvalue weighted by atomic mass is 9.95. The average Bonchev–Trinajstić information content (AvgIpc) is 3.02. The molecule has 2 aromatic rings. The molecule has 1 N–H and O–H groups in total. The highest BCUT2D eigenvalue weighted by Crippen LogP contribution is 2.38. The van der Waals surface area contributed by atoms with Crippen LogP contribution in [-0.4, -0.2) is 25.1 Å². The Hall–Kier alpha value is -2.40. The normalized spacial score (nSPS) is 18.0. The summed E-state index contributed by atoms with van der Waals surface area (Å²) in [5.74, 6) is 1.28. The number of hydrogen-bond donors (Lipinski definition) is 1. The SMILES string of the molecule is CC(C)(C)N1C(n2ccnc2CO)=CC=CC1c1ccc(F)cc1. The van der Waals surface area contributed by atoms with Crippen LogP contribution in [-0.2, 0) is 6.61 Å². The van der Waals surface area contributed by atoms with Gasteiger partial charge in [-0.05, 0) is 44.5 Å². The Morgan fingerprint density at radius 3 is 2.54 bits per heavy atom. The average molecular weight is 327 g/mol. The smallest absolute Gasteiger partial charge is 0.140 e. The molecule has 0 radical (unpaired) electrons. The quantitative estimate of drug-likeness (QED) is 0.934. The summed E-state index contributed by atoms with van der Waals surface area (Å²) in [4.78, 5) is 6.46. The van der Waals surface area contributed by atoms with E-state index >= 15 is 0 Å². The lowest BCUT2D eigenvalue weighted by molar-refractivity contribution is 0.172. The maximum absolute atomic E-state index is 13.3. The minimum Gasteiger partial charge on any atom is -0.388 e. The van der Waals surface area contributed by atoms with E-state index in [0.717, 1.165) is 11.4 Å². The second kappa shape index (κ2) is 6.24. The van der Waals surface area contributed by atoms with Crippen molar-refractivity contribution in [3.05, 3.63) is 72.1 Å². The Kier molecular flexibility index (Phi) is 4.28. The highest BCUT2D eigenvalue weighted by Gasteiger charge is 2.33. The molecule has 0 fully saturated rings. The van der Waals surface area contributed by atoms with Crippen molar-refractivity contribution in [2.45, 2.75) is 39.0 Å². The molecule has 126 valence electrons. The highest BCUT2D eigenvalue weighted by atomic mass is 19.1. The molecule has 1 atom stereocenters. The van der Waals surface area contributed by atoms with Crippen molar-refractivity contribution in [3.63, 3.8) is 0 Å². The van der Waals surface area contributed by atoms with Gasteiger partial charge in [-0.2, -0.15) is 0 Å². The maximum Gasteiger partial charge on any atom is 0.140 e. The van der Waals surface area contributed by atoms with Crippen molar-refractivity contribution in [1.29, 1.82) is 0 Å². The third-order valence-electron chi connectivity index (χ3n) is 4.10. The van der Waals surface area contributed by atoms with E-state index < -0.39 is 0 Å². The molecular formula is C19H22FN3O. The molecule has 0 amide bonds. The van der Waals surface area contributed by atoms with Gasteiger partial charge < -0.3 is 10.0 Å². The fourth-order valence-corrected chi connectivity index (χ4v) is 3.09. The Morgan fingerprint density at radius 1 is 1.21 bits per heavy atom. The van der Waals surface area contributed by atoms with E-state index in [1.807, 2.05) is 35.0 Å². The van der Waals surface area contributed by atoms with E-state index in [-0.39, 0.29) is 24.0 Å². The molecular weight excluding hydrogens is 305 g/mol. The number of allylic oxidation sites excluding steroid dienone is 2.